The second-order valence-electron chi connectivity index (χ2n) is 9.38. The summed E-state index contributed by atoms with van der Waals surface area (Å²) in [6, 6.07) is 13.0. The number of ether oxygens (including phenoxy) is 1. The van der Waals surface area contributed by atoms with Crippen LogP contribution in [0.5, 0.6) is 0 Å². The number of ketones is 2. The van der Waals surface area contributed by atoms with Gasteiger partial charge in [0.2, 0.25) is 5.76 Å². The Hall–Kier alpha value is -2.43. The Morgan fingerprint density at radius 3 is 1.68 bits per heavy atom. The molecule has 0 atom stereocenters. The molecule has 6 heteroatoms. The van der Waals surface area contributed by atoms with E-state index in [1.54, 1.807) is 6.07 Å². The normalized spacial score (nSPS) is 12.2. The first-order valence-corrected chi connectivity index (χ1v) is 13.7. The van der Waals surface area contributed by atoms with Crippen LogP contribution < -0.4 is 0 Å². The maximum Gasteiger partial charge on any atom is 2.00 e. The van der Waals surface area contributed by atoms with E-state index in [-0.39, 0.29) is 40.2 Å². The minimum atomic E-state index is -0.565. The monoisotopic (exact) mass is 562 g/mol. The number of Topliss-reactive ketones (excluding diaryl/α,β-unsaturated/α-hetero) is 2. The third-order valence-electron chi connectivity index (χ3n) is 6.37. The van der Waals surface area contributed by atoms with Gasteiger partial charge in [-0.3, -0.25) is 4.79 Å². The molecule has 5 nitrogen and oxygen atoms in total. The van der Waals surface area contributed by atoms with Crippen molar-refractivity contribution in [3.63, 3.8) is 0 Å². The molecule has 2 aromatic rings. The molecule has 38 heavy (non-hydrogen) atoms. The van der Waals surface area contributed by atoms with Gasteiger partial charge < -0.3 is 13.9 Å². The van der Waals surface area contributed by atoms with Crippen LogP contribution in [0.4, 0.5) is 0 Å². The maximum atomic E-state index is 12.1. The molecule has 208 valence electrons. The quantitative estimate of drug-likeness (QED) is 0.0602. The van der Waals surface area contributed by atoms with Crippen molar-refractivity contribution in [2.24, 2.45) is 0 Å². The maximum absolute atomic E-state index is 12.1. The van der Waals surface area contributed by atoms with Crippen molar-refractivity contribution in [1.82, 2.24) is 0 Å². The van der Waals surface area contributed by atoms with Gasteiger partial charge in [0, 0.05) is 12.8 Å². The van der Waals surface area contributed by atoms with Gasteiger partial charge in [0.25, 0.3) is 0 Å². The van der Waals surface area contributed by atoms with Crippen LogP contribution >= 0.6 is 0 Å². The Kier molecular flexibility index (Phi) is 19.0. The van der Waals surface area contributed by atoms with Crippen molar-refractivity contribution in [1.29, 1.82) is 0 Å². The van der Waals surface area contributed by atoms with Crippen molar-refractivity contribution in [2.45, 2.75) is 89.9 Å². The number of hydrogen-bond donors (Lipinski definition) is 0. The number of furan rings is 1. The smallest absolute Gasteiger partial charge is 0.463 e. The van der Waals surface area contributed by atoms with Crippen LogP contribution in [-0.2, 0) is 26.6 Å². The van der Waals surface area contributed by atoms with E-state index in [0.29, 0.717) is 12.8 Å². The third-order valence-corrected chi connectivity index (χ3v) is 6.37. The summed E-state index contributed by atoms with van der Waals surface area (Å²) >= 11 is 0. The SMILES string of the molecule is COC(=O)c1ccc(C(=O)CCCCCCCCCCCCCCC(=O)[C]2[CH]C=C[CH-]2)o1.[Fe+2].c1cc[cH-]c1. The van der Waals surface area contributed by atoms with E-state index < -0.39 is 5.97 Å². The number of hydrogen-bond acceptors (Lipinski definition) is 5. The Morgan fingerprint density at radius 1 is 0.737 bits per heavy atom. The molecule has 0 spiro atoms. The molecular weight excluding hydrogens is 520 g/mol. The van der Waals surface area contributed by atoms with E-state index >= 15 is 0 Å². The zero-order chi connectivity index (χ0) is 26.6. The molecule has 3 rings (SSSR count). The van der Waals surface area contributed by atoms with Crippen LogP contribution in [0.3, 0.4) is 0 Å². The number of unbranched alkanes of at least 4 members (excludes halogenated alkanes) is 11. The van der Waals surface area contributed by atoms with Crippen molar-refractivity contribution >= 4 is 17.5 Å². The van der Waals surface area contributed by atoms with Gasteiger partial charge in [-0.1, -0.05) is 70.6 Å². The van der Waals surface area contributed by atoms with Crippen molar-refractivity contribution < 1.29 is 40.6 Å². The predicted molar refractivity (Wildman–Crippen MR) is 147 cm³/mol. The van der Waals surface area contributed by atoms with Gasteiger partial charge in [0.15, 0.2) is 11.5 Å². The molecule has 1 aromatic heterocycles. The fourth-order valence-electron chi connectivity index (χ4n) is 4.19. The minimum absolute atomic E-state index is 0. The summed E-state index contributed by atoms with van der Waals surface area (Å²) in [5.74, 6) is 0.801. The summed E-state index contributed by atoms with van der Waals surface area (Å²) in [5, 5.41) is 0. The fraction of sp³-hybridized carbons (Fsp3) is 0.469. The molecule has 0 bridgehead atoms. The zero-order valence-corrected chi connectivity index (χ0v) is 23.7. The second-order valence-corrected chi connectivity index (χ2v) is 9.38. The summed E-state index contributed by atoms with van der Waals surface area (Å²) in [5.41, 5.74) is 0. The molecule has 1 aliphatic carbocycles. The second kappa shape index (κ2) is 21.5. The first-order chi connectivity index (χ1) is 18.1. The van der Waals surface area contributed by atoms with Crippen LogP contribution in [0.15, 0.2) is 59.0 Å². The van der Waals surface area contributed by atoms with E-state index in [4.69, 9.17) is 4.42 Å². The molecule has 0 amide bonds. The number of carbonyl (C=O) groups is 3. The van der Waals surface area contributed by atoms with E-state index in [0.717, 1.165) is 38.0 Å². The average molecular weight is 563 g/mol. The molecule has 0 N–H and O–H groups in total. The van der Waals surface area contributed by atoms with Gasteiger partial charge in [-0.2, -0.15) is 18.2 Å². The van der Waals surface area contributed by atoms with Gasteiger partial charge in [-0.05, 0) is 30.9 Å². The van der Waals surface area contributed by atoms with E-state index in [1.807, 2.05) is 55.3 Å². The predicted octanol–water partition coefficient (Wildman–Crippen LogP) is 8.24. The third kappa shape index (κ3) is 14.5. The largest absolute Gasteiger partial charge is 2.00 e. The Morgan fingerprint density at radius 2 is 1.24 bits per heavy atom. The Balaban J connectivity index is 0.00000107. The summed E-state index contributed by atoms with van der Waals surface area (Å²) < 4.78 is 9.82. The van der Waals surface area contributed by atoms with Crippen molar-refractivity contribution in [3.8, 4) is 0 Å². The number of rotatable bonds is 18. The molecule has 1 aliphatic rings. The van der Waals surface area contributed by atoms with Crippen LogP contribution in [0.25, 0.3) is 0 Å². The number of allylic oxidation sites excluding steroid dienone is 2. The van der Waals surface area contributed by atoms with Crippen LogP contribution in [0, 0.1) is 18.8 Å². The molecule has 0 unspecified atom stereocenters. The summed E-state index contributed by atoms with van der Waals surface area (Å²) in [6.45, 7) is 0. The molecule has 0 saturated heterocycles. The van der Waals surface area contributed by atoms with Gasteiger partial charge in [0.1, 0.15) is 5.78 Å². The number of carbonyl (C=O) groups excluding carboxylic acids is 3. The van der Waals surface area contributed by atoms with E-state index in [9.17, 15) is 14.4 Å². The van der Waals surface area contributed by atoms with Gasteiger partial charge in [-0.15, -0.1) is 0 Å². The van der Waals surface area contributed by atoms with Gasteiger partial charge in [0.05, 0.1) is 7.11 Å². The summed E-state index contributed by atoms with van der Waals surface area (Å²) in [4.78, 5) is 35.4. The first-order valence-electron chi connectivity index (χ1n) is 13.7. The molecule has 0 aliphatic heterocycles. The Bertz CT molecular complexity index is 887. The van der Waals surface area contributed by atoms with Crippen molar-refractivity contribution in [2.75, 3.05) is 7.11 Å². The molecule has 0 saturated carbocycles. The topological polar surface area (TPSA) is 73.6 Å². The number of esters is 1. The van der Waals surface area contributed by atoms with E-state index in [2.05, 4.69) is 4.74 Å². The summed E-state index contributed by atoms with van der Waals surface area (Å²) in [7, 11) is 1.28. The van der Waals surface area contributed by atoms with Crippen molar-refractivity contribution in [3.05, 3.63) is 84.9 Å². The first kappa shape index (κ1) is 33.6. The molecule has 0 fully saturated rings. The zero-order valence-electron chi connectivity index (χ0n) is 22.6. The van der Waals surface area contributed by atoms with Gasteiger partial charge in [-0.25, -0.2) is 35.5 Å². The van der Waals surface area contributed by atoms with E-state index in [1.165, 1.54) is 58.1 Å². The molecule has 1 heterocycles. The standard InChI is InChI=1S/C27H37O5.C5H5.Fe/c1-31-27(30)26-21-20-25(32-26)24(29)19-13-11-9-7-5-3-2-4-6-8-10-12-18-23(28)22-16-14-15-17-22;1-2-4-5-3-1;/h14-17,20-21H,2-13,18-19H2,1H3;1-5H;/q2*-1;+2. The number of methoxy groups -OCH3 is 1. The minimum Gasteiger partial charge on any atom is -0.463 e. The fourth-order valence-corrected chi connectivity index (χ4v) is 4.19. The summed E-state index contributed by atoms with van der Waals surface area (Å²) in [6.07, 6.45) is 22.7. The van der Waals surface area contributed by atoms with Crippen LogP contribution in [0.1, 0.15) is 111 Å². The molecular formula is C32H42FeO5. The van der Waals surface area contributed by atoms with Gasteiger partial charge >= 0.3 is 23.0 Å². The van der Waals surface area contributed by atoms with Crippen LogP contribution in [0.2, 0.25) is 0 Å². The molecule has 2 radical (unpaired) electrons. The van der Waals surface area contributed by atoms with Crippen LogP contribution in [-0.4, -0.2) is 24.6 Å². The molecule has 1 aromatic carbocycles. The Labute approximate surface area is 239 Å². The average Bonchev–Trinajstić information content (AvgIpc) is 3.72.